The molecule has 148 valence electrons. The van der Waals surface area contributed by atoms with Gasteiger partial charge in [-0.1, -0.05) is 25.1 Å². The second-order valence-electron chi connectivity index (χ2n) is 7.75. The highest BCUT2D eigenvalue weighted by atomic mass is 16.1. The molecule has 1 aliphatic rings. The van der Waals surface area contributed by atoms with Crippen LogP contribution in [0, 0.1) is 6.92 Å². The number of para-hydroxylation sites is 1. The largest absolute Gasteiger partial charge is 0.299 e. The van der Waals surface area contributed by atoms with Crippen molar-refractivity contribution in [3.05, 3.63) is 69.4 Å². The Labute approximate surface area is 165 Å². The molecule has 0 aliphatic carbocycles. The maximum absolute atomic E-state index is 13.1. The van der Waals surface area contributed by atoms with Gasteiger partial charge in [0.25, 0.3) is 5.56 Å². The summed E-state index contributed by atoms with van der Waals surface area (Å²) in [4.78, 5) is 15.5. The Morgan fingerprint density at radius 2 is 1.89 bits per heavy atom. The molecule has 4 rings (SSSR count). The minimum Gasteiger partial charge on any atom is -0.299 e. The van der Waals surface area contributed by atoms with E-state index in [-0.39, 0.29) is 5.56 Å². The second kappa shape index (κ2) is 7.80. The Bertz CT molecular complexity index is 990. The van der Waals surface area contributed by atoms with Crippen LogP contribution in [0.5, 0.6) is 0 Å². The van der Waals surface area contributed by atoms with E-state index in [9.17, 15) is 4.79 Å². The molecule has 6 nitrogen and oxygen atoms in total. The van der Waals surface area contributed by atoms with Gasteiger partial charge in [0, 0.05) is 30.9 Å². The van der Waals surface area contributed by atoms with Gasteiger partial charge in [-0.15, -0.1) is 0 Å². The van der Waals surface area contributed by atoms with E-state index >= 15 is 0 Å². The Balaban J connectivity index is 1.50. The highest BCUT2D eigenvalue weighted by Gasteiger charge is 2.25. The fraction of sp³-hybridized carbons (Fsp3) is 0.455. The van der Waals surface area contributed by atoms with Gasteiger partial charge in [0.2, 0.25) is 0 Å². The van der Waals surface area contributed by atoms with Crippen molar-refractivity contribution < 1.29 is 0 Å². The third-order valence-electron chi connectivity index (χ3n) is 6.18. The summed E-state index contributed by atoms with van der Waals surface area (Å²) in [6.07, 6.45) is 5.19. The number of hydrogen-bond donors (Lipinski definition) is 1. The van der Waals surface area contributed by atoms with Crippen LogP contribution in [0.15, 0.2) is 41.3 Å². The molecule has 1 aromatic carbocycles. The predicted octanol–water partition coefficient (Wildman–Crippen LogP) is 3.15. The highest BCUT2D eigenvalue weighted by molar-refractivity contribution is 5.33. The van der Waals surface area contributed by atoms with Gasteiger partial charge >= 0.3 is 0 Å². The van der Waals surface area contributed by atoms with Crippen molar-refractivity contribution in [1.29, 1.82) is 0 Å². The Morgan fingerprint density at radius 3 is 2.57 bits per heavy atom. The average Bonchev–Trinajstić information content (AvgIpc) is 3.28. The number of piperidine rings is 1. The molecule has 3 aromatic rings. The smallest absolute Gasteiger partial charge is 0.276 e. The van der Waals surface area contributed by atoms with E-state index in [0.29, 0.717) is 12.5 Å². The maximum Gasteiger partial charge on any atom is 0.276 e. The average molecular weight is 380 g/mol. The summed E-state index contributed by atoms with van der Waals surface area (Å²) in [5.74, 6) is 0.548. The maximum atomic E-state index is 13.1. The van der Waals surface area contributed by atoms with Gasteiger partial charge in [-0.3, -0.25) is 19.5 Å². The zero-order chi connectivity index (χ0) is 19.7. The van der Waals surface area contributed by atoms with Crippen LogP contribution in [0.2, 0.25) is 0 Å². The lowest BCUT2D eigenvalue weighted by Gasteiger charge is -2.31. The van der Waals surface area contributed by atoms with Crippen molar-refractivity contribution in [2.45, 2.75) is 45.6 Å². The lowest BCUT2D eigenvalue weighted by molar-refractivity contribution is 0.202. The van der Waals surface area contributed by atoms with Gasteiger partial charge in [0.05, 0.1) is 17.4 Å². The van der Waals surface area contributed by atoms with Crippen LogP contribution in [-0.2, 0) is 20.0 Å². The molecule has 6 heteroatoms. The van der Waals surface area contributed by atoms with Crippen LogP contribution >= 0.6 is 0 Å². The Kier molecular flexibility index (Phi) is 5.22. The lowest BCUT2D eigenvalue weighted by atomic mass is 9.90. The van der Waals surface area contributed by atoms with E-state index in [0.717, 1.165) is 49.3 Å². The number of aryl methyl sites for hydroxylation is 1. The standard InChI is InChI=1S/C22H29N5O/c1-4-17-14-23-24-21(17)18-10-12-26(13-11-18)15-20-16(2)25(3)27(22(20)28)19-8-6-5-7-9-19/h5-9,14,18H,4,10-13,15H2,1-3H3,(H,23,24). The van der Waals surface area contributed by atoms with E-state index in [2.05, 4.69) is 22.0 Å². The van der Waals surface area contributed by atoms with Crippen LogP contribution in [0.3, 0.4) is 0 Å². The summed E-state index contributed by atoms with van der Waals surface area (Å²) in [6.45, 7) is 6.95. The molecule has 3 heterocycles. The molecule has 0 bridgehead atoms. The molecule has 0 saturated carbocycles. The number of H-pyrrole nitrogens is 1. The van der Waals surface area contributed by atoms with Gasteiger partial charge < -0.3 is 0 Å². The summed E-state index contributed by atoms with van der Waals surface area (Å²) < 4.78 is 3.74. The number of likely N-dealkylation sites (tertiary alicyclic amines) is 1. The molecule has 28 heavy (non-hydrogen) atoms. The normalized spacial score (nSPS) is 16.0. The van der Waals surface area contributed by atoms with Crippen molar-refractivity contribution in [2.75, 3.05) is 13.1 Å². The first-order valence-electron chi connectivity index (χ1n) is 10.2. The zero-order valence-corrected chi connectivity index (χ0v) is 17.0. The van der Waals surface area contributed by atoms with Crippen LogP contribution in [0.1, 0.15) is 48.2 Å². The molecule has 1 aliphatic heterocycles. The Hall–Kier alpha value is -2.60. The molecule has 0 unspecified atom stereocenters. The molecule has 0 spiro atoms. The number of rotatable bonds is 5. The fourth-order valence-electron chi connectivity index (χ4n) is 4.37. The van der Waals surface area contributed by atoms with Gasteiger partial charge in [-0.05, 0) is 57.0 Å². The molecule has 1 saturated heterocycles. The van der Waals surface area contributed by atoms with Gasteiger partial charge in [0.1, 0.15) is 0 Å². The van der Waals surface area contributed by atoms with Crippen LogP contribution in [0.25, 0.3) is 5.69 Å². The van der Waals surface area contributed by atoms with E-state index in [1.54, 1.807) is 4.68 Å². The monoisotopic (exact) mass is 379 g/mol. The number of benzene rings is 1. The van der Waals surface area contributed by atoms with E-state index in [4.69, 9.17) is 0 Å². The SMILES string of the molecule is CCc1cn[nH]c1C1CCN(Cc2c(C)n(C)n(-c3ccccc3)c2=O)CC1. The fourth-order valence-corrected chi connectivity index (χ4v) is 4.37. The second-order valence-corrected chi connectivity index (χ2v) is 7.75. The van der Waals surface area contributed by atoms with Crippen molar-refractivity contribution in [1.82, 2.24) is 24.5 Å². The van der Waals surface area contributed by atoms with E-state index in [1.807, 2.05) is 55.2 Å². The summed E-state index contributed by atoms with van der Waals surface area (Å²) in [6, 6.07) is 9.86. The van der Waals surface area contributed by atoms with Gasteiger partial charge in [-0.25, -0.2) is 4.68 Å². The first kappa shape index (κ1) is 18.7. The molecular formula is C22H29N5O. The summed E-state index contributed by atoms with van der Waals surface area (Å²) in [5.41, 5.74) is 5.59. The molecule has 1 fully saturated rings. The summed E-state index contributed by atoms with van der Waals surface area (Å²) in [7, 11) is 1.96. The molecule has 0 radical (unpaired) electrons. The number of aromatic amines is 1. The highest BCUT2D eigenvalue weighted by Crippen LogP contribution is 2.29. The minimum atomic E-state index is 0.0927. The molecular weight excluding hydrogens is 350 g/mol. The Morgan fingerprint density at radius 1 is 1.18 bits per heavy atom. The predicted molar refractivity (Wildman–Crippen MR) is 111 cm³/mol. The molecule has 1 N–H and O–H groups in total. The molecule has 0 atom stereocenters. The van der Waals surface area contributed by atoms with Crippen molar-refractivity contribution in [2.24, 2.45) is 7.05 Å². The molecule has 0 amide bonds. The van der Waals surface area contributed by atoms with Gasteiger partial charge in [0.15, 0.2) is 0 Å². The van der Waals surface area contributed by atoms with E-state index < -0.39 is 0 Å². The first-order chi connectivity index (χ1) is 13.6. The van der Waals surface area contributed by atoms with Crippen LogP contribution < -0.4 is 5.56 Å². The quantitative estimate of drug-likeness (QED) is 0.741. The first-order valence-corrected chi connectivity index (χ1v) is 10.2. The zero-order valence-electron chi connectivity index (χ0n) is 17.0. The molecule has 2 aromatic heterocycles. The summed E-state index contributed by atoms with van der Waals surface area (Å²) in [5, 5.41) is 7.45. The number of aromatic nitrogens is 4. The van der Waals surface area contributed by atoms with E-state index in [1.165, 1.54) is 11.3 Å². The van der Waals surface area contributed by atoms with Crippen LogP contribution in [0.4, 0.5) is 0 Å². The minimum absolute atomic E-state index is 0.0927. The van der Waals surface area contributed by atoms with Crippen molar-refractivity contribution >= 4 is 0 Å². The third kappa shape index (κ3) is 3.33. The van der Waals surface area contributed by atoms with Gasteiger partial charge in [-0.2, -0.15) is 5.10 Å². The number of nitrogens with zero attached hydrogens (tertiary/aromatic N) is 4. The topological polar surface area (TPSA) is 58.9 Å². The van der Waals surface area contributed by atoms with Crippen LogP contribution in [-0.4, -0.2) is 37.6 Å². The lowest BCUT2D eigenvalue weighted by Crippen LogP contribution is -2.34. The summed E-state index contributed by atoms with van der Waals surface area (Å²) >= 11 is 0. The van der Waals surface area contributed by atoms with Crippen molar-refractivity contribution in [3.8, 4) is 5.69 Å². The number of nitrogens with one attached hydrogen (secondary N) is 1. The number of hydrogen-bond acceptors (Lipinski definition) is 3. The van der Waals surface area contributed by atoms with Crippen molar-refractivity contribution in [3.63, 3.8) is 0 Å². The third-order valence-corrected chi connectivity index (χ3v) is 6.18.